The molecule has 10 nitrogen and oxygen atoms in total. The first-order valence-electron chi connectivity index (χ1n) is 10.4. The Bertz CT molecular complexity index is 1190. The number of nitrogens with zero attached hydrogens (tertiary/aromatic N) is 6. The fourth-order valence-corrected chi connectivity index (χ4v) is 3.83. The molecule has 4 rings (SSSR count). The molecule has 1 N–H and O–H groups in total. The second kappa shape index (κ2) is 9.45. The van der Waals surface area contributed by atoms with Crippen LogP contribution in [0.15, 0.2) is 36.8 Å². The van der Waals surface area contributed by atoms with Gasteiger partial charge in [-0.05, 0) is 18.2 Å². The van der Waals surface area contributed by atoms with Crippen LogP contribution in [0.1, 0.15) is 17.3 Å². The number of ether oxygens (including phenoxy) is 1. The van der Waals surface area contributed by atoms with Crippen LogP contribution in [0.3, 0.4) is 0 Å². The van der Waals surface area contributed by atoms with E-state index in [4.69, 9.17) is 16.3 Å². The summed E-state index contributed by atoms with van der Waals surface area (Å²) in [4.78, 5) is 36.7. The number of piperazine rings is 1. The van der Waals surface area contributed by atoms with Crippen LogP contribution in [0.2, 0.25) is 5.02 Å². The molecule has 0 atom stereocenters. The van der Waals surface area contributed by atoms with Gasteiger partial charge in [-0.15, -0.1) is 0 Å². The molecule has 1 saturated heterocycles. The number of anilines is 2. The van der Waals surface area contributed by atoms with Crippen LogP contribution in [0.4, 0.5) is 11.6 Å². The number of hydrogen-bond donors (Lipinski definition) is 1. The molecule has 0 bridgehead atoms. The van der Waals surface area contributed by atoms with Crippen molar-refractivity contribution in [1.29, 1.82) is 0 Å². The van der Waals surface area contributed by atoms with E-state index < -0.39 is 0 Å². The molecule has 3 heterocycles. The smallest absolute Gasteiger partial charge is 0.254 e. The number of carbonyl (C=O) groups is 2. The molecule has 2 amide bonds. The summed E-state index contributed by atoms with van der Waals surface area (Å²) >= 11 is 6.28. The minimum atomic E-state index is -0.107. The standard InChI is InChI=1S/C22H24ClN7O3/c1-14(31)29-6-8-30(9-7-29)21(32)15-4-5-18(19(10-15)33-3)26-22-24-12-17(23)20(27-22)16-11-25-28(2)13-16/h4-5,10-13H,6-9H2,1-3H3,(H,24,26,27). The van der Waals surface area contributed by atoms with Crippen molar-refractivity contribution in [1.82, 2.24) is 29.5 Å². The normalized spacial score (nSPS) is 13.7. The fraction of sp³-hybridized carbons (Fsp3) is 0.318. The quantitative estimate of drug-likeness (QED) is 0.612. The van der Waals surface area contributed by atoms with Crippen molar-refractivity contribution in [2.75, 3.05) is 38.6 Å². The molecular weight excluding hydrogens is 446 g/mol. The lowest BCUT2D eigenvalue weighted by molar-refractivity contribution is -0.130. The van der Waals surface area contributed by atoms with Gasteiger partial charge in [0.15, 0.2) is 0 Å². The SMILES string of the molecule is COc1cc(C(=O)N2CCN(C(C)=O)CC2)ccc1Nc1ncc(Cl)c(-c2cnn(C)c2)n1. The third-order valence-corrected chi connectivity index (χ3v) is 5.71. The second-order valence-electron chi connectivity index (χ2n) is 7.63. The monoisotopic (exact) mass is 469 g/mol. The lowest BCUT2D eigenvalue weighted by Crippen LogP contribution is -2.50. The molecule has 1 aromatic carbocycles. The average molecular weight is 470 g/mol. The van der Waals surface area contributed by atoms with Gasteiger partial charge in [0.25, 0.3) is 5.91 Å². The highest BCUT2D eigenvalue weighted by molar-refractivity contribution is 6.32. The molecule has 0 aliphatic carbocycles. The summed E-state index contributed by atoms with van der Waals surface area (Å²) in [5, 5.41) is 7.69. The lowest BCUT2D eigenvalue weighted by atomic mass is 10.1. The highest BCUT2D eigenvalue weighted by atomic mass is 35.5. The number of hydrogen-bond acceptors (Lipinski definition) is 7. The van der Waals surface area contributed by atoms with Crippen LogP contribution in [-0.2, 0) is 11.8 Å². The lowest BCUT2D eigenvalue weighted by Gasteiger charge is -2.34. The van der Waals surface area contributed by atoms with Crippen LogP contribution < -0.4 is 10.1 Å². The van der Waals surface area contributed by atoms with Crippen molar-refractivity contribution < 1.29 is 14.3 Å². The molecule has 2 aromatic heterocycles. The first-order valence-corrected chi connectivity index (χ1v) is 10.7. The van der Waals surface area contributed by atoms with E-state index in [1.165, 1.54) is 20.2 Å². The Morgan fingerprint density at radius 1 is 1.12 bits per heavy atom. The van der Waals surface area contributed by atoms with E-state index in [0.29, 0.717) is 59.8 Å². The number of aryl methyl sites for hydroxylation is 1. The number of nitrogens with one attached hydrogen (secondary N) is 1. The zero-order valence-electron chi connectivity index (χ0n) is 18.6. The van der Waals surface area contributed by atoms with Crippen molar-refractivity contribution in [3.8, 4) is 17.0 Å². The largest absolute Gasteiger partial charge is 0.495 e. The predicted molar refractivity (Wildman–Crippen MR) is 124 cm³/mol. The minimum absolute atomic E-state index is 0.0234. The summed E-state index contributed by atoms with van der Waals surface area (Å²) in [5.74, 6) is 0.723. The molecule has 172 valence electrons. The van der Waals surface area contributed by atoms with Gasteiger partial charge in [-0.1, -0.05) is 11.6 Å². The van der Waals surface area contributed by atoms with Crippen molar-refractivity contribution in [2.24, 2.45) is 7.05 Å². The highest BCUT2D eigenvalue weighted by Crippen LogP contribution is 2.31. The molecule has 3 aromatic rings. The Balaban J connectivity index is 1.52. The van der Waals surface area contributed by atoms with Crippen molar-refractivity contribution in [3.63, 3.8) is 0 Å². The van der Waals surface area contributed by atoms with Crippen LogP contribution in [-0.4, -0.2) is 74.7 Å². The zero-order valence-corrected chi connectivity index (χ0v) is 19.3. The van der Waals surface area contributed by atoms with E-state index >= 15 is 0 Å². The number of aromatic nitrogens is 4. The van der Waals surface area contributed by atoms with Gasteiger partial charge in [0.2, 0.25) is 11.9 Å². The summed E-state index contributed by atoms with van der Waals surface area (Å²) in [6.45, 7) is 3.60. The minimum Gasteiger partial charge on any atom is -0.495 e. The van der Waals surface area contributed by atoms with Gasteiger partial charge in [0.1, 0.15) is 5.75 Å². The molecule has 0 unspecified atom stereocenters. The van der Waals surface area contributed by atoms with Gasteiger partial charge >= 0.3 is 0 Å². The van der Waals surface area contributed by atoms with Gasteiger partial charge in [-0.25, -0.2) is 9.97 Å². The molecular formula is C22H24ClN7O3. The highest BCUT2D eigenvalue weighted by Gasteiger charge is 2.24. The van der Waals surface area contributed by atoms with Crippen LogP contribution in [0.25, 0.3) is 11.3 Å². The van der Waals surface area contributed by atoms with Crippen LogP contribution in [0, 0.1) is 0 Å². The number of rotatable bonds is 5. The summed E-state index contributed by atoms with van der Waals surface area (Å²) < 4.78 is 7.17. The van der Waals surface area contributed by atoms with Gasteiger partial charge in [0, 0.05) is 57.5 Å². The van der Waals surface area contributed by atoms with E-state index in [9.17, 15) is 9.59 Å². The molecule has 1 aliphatic rings. The Kier molecular flexibility index (Phi) is 6.45. The number of amides is 2. The van der Waals surface area contributed by atoms with Gasteiger partial charge in [-0.2, -0.15) is 5.10 Å². The van der Waals surface area contributed by atoms with Gasteiger partial charge in [0.05, 0.1) is 35.9 Å². The number of halogens is 1. The Hall–Kier alpha value is -3.66. The average Bonchev–Trinajstić information content (AvgIpc) is 3.26. The maximum absolute atomic E-state index is 13.0. The summed E-state index contributed by atoms with van der Waals surface area (Å²) in [5.41, 5.74) is 2.43. The Morgan fingerprint density at radius 3 is 2.48 bits per heavy atom. The third-order valence-electron chi connectivity index (χ3n) is 5.43. The Morgan fingerprint density at radius 2 is 1.85 bits per heavy atom. The van der Waals surface area contributed by atoms with Crippen LogP contribution >= 0.6 is 11.6 Å². The zero-order chi connectivity index (χ0) is 23.5. The second-order valence-corrected chi connectivity index (χ2v) is 8.04. The number of carbonyl (C=O) groups excluding carboxylic acids is 2. The number of methoxy groups -OCH3 is 1. The van der Waals surface area contributed by atoms with Crippen molar-refractivity contribution in [2.45, 2.75) is 6.92 Å². The molecule has 33 heavy (non-hydrogen) atoms. The molecule has 11 heteroatoms. The van der Waals surface area contributed by atoms with E-state index in [-0.39, 0.29) is 11.8 Å². The molecule has 0 spiro atoms. The fourth-order valence-electron chi connectivity index (χ4n) is 3.63. The number of benzene rings is 1. The predicted octanol–water partition coefficient (Wildman–Crippen LogP) is 2.59. The maximum Gasteiger partial charge on any atom is 0.254 e. The van der Waals surface area contributed by atoms with Gasteiger partial charge in [-0.3, -0.25) is 14.3 Å². The maximum atomic E-state index is 13.0. The van der Waals surface area contributed by atoms with Crippen molar-refractivity contribution in [3.05, 3.63) is 47.4 Å². The molecule has 1 fully saturated rings. The first kappa shape index (κ1) is 22.5. The first-order chi connectivity index (χ1) is 15.9. The third kappa shape index (κ3) is 4.90. The van der Waals surface area contributed by atoms with Crippen molar-refractivity contribution >= 4 is 35.1 Å². The topological polar surface area (TPSA) is 105 Å². The summed E-state index contributed by atoms with van der Waals surface area (Å²) in [6, 6.07) is 5.15. The molecule has 1 aliphatic heterocycles. The van der Waals surface area contributed by atoms with E-state index in [1.807, 2.05) is 13.2 Å². The summed E-state index contributed by atoms with van der Waals surface area (Å²) in [6.07, 6.45) is 5.01. The molecule has 0 radical (unpaired) electrons. The molecule has 0 saturated carbocycles. The van der Waals surface area contributed by atoms with E-state index in [2.05, 4.69) is 20.4 Å². The Labute approximate surface area is 196 Å². The van der Waals surface area contributed by atoms with Gasteiger partial charge < -0.3 is 19.9 Å². The van der Waals surface area contributed by atoms with E-state index in [1.54, 1.807) is 38.9 Å². The summed E-state index contributed by atoms with van der Waals surface area (Å²) in [7, 11) is 3.35. The van der Waals surface area contributed by atoms with E-state index in [0.717, 1.165) is 5.56 Å². The van der Waals surface area contributed by atoms with Crippen LogP contribution in [0.5, 0.6) is 5.75 Å².